The van der Waals surface area contributed by atoms with Gasteiger partial charge in [0.05, 0.1) is 5.02 Å². The van der Waals surface area contributed by atoms with Crippen molar-refractivity contribution in [3.63, 3.8) is 0 Å². The van der Waals surface area contributed by atoms with Crippen molar-refractivity contribution in [2.75, 3.05) is 31.6 Å². The number of nitrogens with two attached hydrogens (primary N) is 1. The van der Waals surface area contributed by atoms with Gasteiger partial charge < -0.3 is 15.5 Å². The second-order valence-electron chi connectivity index (χ2n) is 5.18. The molecular weight excluding hydrogens is 260 g/mol. The molecule has 1 aliphatic heterocycles. The van der Waals surface area contributed by atoms with Crippen LogP contribution in [-0.4, -0.2) is 42.6 Å². The molecule has 1 saturated heterocycles. The van der Waals surface area contributed by atoms with Gasteiger partial charge in [-0.3, -0.25) is 0 Å². The fourth-order valence-electron chi connectivity index (χ4n) is 2.70. The van der Waals surface area contributed by atoms with Crippen molar-refractivity contribution in [1.29, 1.82) is 0 Å². The Labute approximate surface area is 120 Å². The van der Waals surface area contributed by atoms with Crippen LogP contribution in [0.3, 0.4) is 0 Å². The average Bonchev–Trinajstić information content (AvgIpc) is 2.60. The number of halogens is 1. The minimum absolute atomic E-state index is 0.457. The standard InChI is InChI=1S/C14H23ClN4/c1-3-12-10-18(2)7-4-8-19(12)14-13(15)11(9-16)5-6-17-14/h5-6,12H,3-4,7-10,16H2,1-2H3. The summed E-state index contributed by atoms with van der Waals surface area (Å²) in [5.74, 6) is 0.895. The summed E-state index contributed by atoms with van der Waals surface area (Å²) < 4.78 is 0. The SMILES string of the molecule is CCC1CN(C)CCCN1c1nccc(CN)c1Cl. The van der Waals surface area contributed by atoms with Crippen LogP contribution in [0.5, 0.6) is 0 Å². The maximum atomic E-state index is 6.46. The topological polar surface area (TPSA) is 45.4 Å². The highest BCUT2D eigenvalue weighted by Gasteiger charge is 2.25. The Morgan fingerprint density at radius 1 is 1.47 bits per heavy atom. The number of likely N-dealkylation sites (N-methyl/N-ethyl adjacent to an activating group) is 1. The zero-order chi connectivity index (χ0) is 13.8. The number of hydrogen-bond donors (Lipinski definition) is 1. The van der Waals surface area contributed by atoms with E-state index in [2.05, 4.69) is 28.8 Å². The Hall–Kier alpha value is -0.840. The average molecular weight is 283 g/mol. The lowest BCUT2D eigenvalue weighted by Gasteiger charge is -2.32. The highest BCUT2D eigenvalue weighted by Crippen LogP contribution is 2.29. The summed E-state index contributed by atoms with van der Waals surface area (Å²) >= 11 is 6.46. The van der Waals surface area contributed by atoms with Crippen LogP contribution in [0, 0.1) is 0 Å². The molecule has 0 saturated carbocycles. The van der Waals surface area contributed by atoms with Gasteiger partial charge >= 0.3 is 0 Å². The third kappa shape index (κ3) is 3.19. The summed E-state index contributed by atoms with van der Waals surface area (Å²) in [7, 11) is 2.18. The van der Waals surface area contributed by atoms with Gasteiger partial charge in [-0.1, -0.05) is 18.5 Å². The molecule has 5 heteroatoms. The molecule has 0 bridgehead atoms. The smallest absolute Gasteiger partial charge is 0.147 e. The minimum atomic E-state index is 0.457. The first-order valence-electron chi connectivity index (χ1n) is 6.96. The maximum absolute atomic E-state index is 6.46. The zero-order valence-electron chi connectivity index (χ0n) is 11.8. The van der Waals surface area contributed by atoms with E-state index < -0.39 is 0 Å². The van der Waals surface area contributed by atoms with Crippen molar-refractivity contribution in [1.82, 2.24) is 9.88 Å². The molecular formula is C14H23ClN4. The van der Waals surface area contributed by atoms with Crippen LogP contribution in [-0.2, 0) is 6.54 Å². The predicted molar refractivity (Wildman–Crippen MR) is 80.7 cm³/mol. The van der Waals surface area contributed by atoms with Gasteiger partial charge in [-0.15, -0.1) is 0 Å². The minimum Gasteiger partial charge on any atom is -0.351 e. The number of aromatic nitrogens is 1. The van der Waals surface area contributed by atoms with E-state index in [1.165, 1.54) is 0 Å². The lowest BCUT2D eigenvalue weighted by atomic mass is 10.1. The molecule has 0 spiro atoms. The zero-order valence-corrected chi connectivity index (χ0v) is 12.5. The summed E-state index contributed by atoms with van der Waals surface area (Å²) in [6, 6.07) is 2.36. The molecule has 2 N–H and O–H groups in total. The molecule has 2 heterocycles. The fraction of sp³-hybridized carbons (Fsp3) is 0.643. The molecule has 106 valence electrons. The van der Waals surface area contributed by atoms with E-state index in [9.17, 15) is 0 Å². The van der Waals surface area contributed by atoms with Crippen molar-refractivity contribution in [3.8, 4) is 0 Å². The Balaban J connectivity index is 2.32. The van der Waals surface area contributed by atoms with Gasteiger partial charge in [0.25, 0.3) is 0 Å². The highest BCUT2D eigenvalue weighted by molar-refractivity contribution is 6.33. The normalized spacial score (nSPS) is 21.5. The maximum Gasteiger partial charge on any atom is 0.147 e. The number of pyridine rings is 1. The van der Waals surface area contributed by atoms with Gasteiger partial charge in [-0.05, 0) is 38.1 Å². The van der Waals surface area contributed by atoms with Crippen LogP contribution in [0.4, 0.5) is 5.82 Å². The fourth-order valence-corrected chi connectivity index (χ4v) is 3.00. The van der Waals surface area contributed by atoms with Crippen molar-refractivity contribution in [2.24, 2.45) is 5.73 Å². The van der Waals surface area contributed by atoms with E-state index in [1.54, 1.807) is 0 Å². The second-order valence-corrected chi connectivity index (χ2v) is 5.56. The molecule has 0 aliphatic carbocycles. The second kappa shape index (κ2) is 6.55. The van der Waals surface area contributed by atoms with E-state index in [0.717, 1.165) is 43.9 Å². The van der Waals surface area contributed by atoms with Gasteiger partial charge in [-0.2, -0.15) is 0 Å². The quantitative estimate of drug-likeness (QED) is 0.922. The number of rotatable bonds is 3. The third-order valence-corrected chi connectivity index (χ3v) is 4.23. The molecule has 0 aromatic carbocycles. The van der Waals surface area contributed by atoms with E-state index in [4.69, 9.17) is 17.3 Å². The van der Waals surface area contributed by atoms with Gasteiger partial charge in [0.1, 0.15) is 5.82 Å². The van der Waals surface area contributed by atoms with Crippen LogP contribution in [0.1, 0.15) is 25.3 Å². The molecule has 1 unspecified atom stereocenters. The molecule has 1 atom stereocenters. The van der Waals surface area contributed by atoms with Crippen LogP contribution in [0.2, 0.25) is 5.02 Å². The molecule has 1 aromatic heterocycles. The number of nitrogens with zero attached hydrogens (tertiary/aromatic N) is 3. The van der Waals surface area contributed by atoms with Crippen LogP contribution in [0.25, 0.3) is 0 Å². The van der Waals surface area contributed by atoms with Crippen molar-refractivity contribution < 1.29 is 0 Å². The van der Waals surface area contributed by atoms with Crippen molar-refractivity contribution >= 4 is 17.4 Å². The van der Waals surface area contributed by atoms with Crippen LogP contribution >= 0.6 is 11.6 Å². The summed E-state index contributed by atoms with van der Waals surface area (Å²) in [6.07, 6.45) is 4.04. The third-order valence-electron chi connectivity index (χ3n) is 3.82. The molecule has 19 heavy (non-hydrogen) atoms. The highest BCUT2D eigenvalue weighted by atomic mass is 35.5. The molecule has 1 aliphatic rings. The van der Waals surface area contributed by atoms with Crippen molar-refractivity contribution in [2.45, 2.75) is 32.4 Å². The van der Waals surface area contributed by atoms with Crippen molar-refractivity contribution in [3.05, 3.63) is 22.8 Å². The van der Waals surface area contributed by atoms with E-state index in [-0.39, 0.29) is 0 Å². The molecule has 4 nitrogen and oxygen atoms in total. The first-order valence-corrected chi connectivity index (χ1v) is 7.33. The predicted octanol–water partition coefficient (Wildman–Crippen LogP) is 2.11. The van der Waals surface area contributed by atoms with Gasteiger partial charge in [0.15, 0.2) is 0 Å². The van der Waals surface area contributed by atoms with Crippen LogP contribution in [0.15, 0.2) is 12.3 Å². The first kappa shape index (κ1) is 14.6. The van der Waals surface area contributed by atoms with E-state index in [1.807, 2.05) is 12.3 Å². The first-order chi connectivity index (χ1) is 9.17. The van der Waals surface area contributed by atoms with Gasteiger partial charge in [-0.25, -0.2) is 4.98 Å². The Kier molecular flexibility index (Phi) is 5.02. The van der Waals surface area contributed by atoms with E-state index >= 15 is 0 Å². The lowest BCUT2D eigenvalue weighted by molar-refractivity contribution is 0.327. The van der Waals surface area contributed by atoms with Gasteiger partial charge in [0.2, 0.25) is 0 Å². The Bertz CT molecular complexity index is 424. The largest absolute Gasteiger partial charge is 0.351 e. The monoisotopic (exact) mass is 282 g/mol. The molecule has 2 rings (SSSR count). The molecule has 0 radical (unpaired) electrons. The Morgan fingerprint density at radius 3 is 2.95 bits per heavy atom. The van der Waals surface area contributed by atoms with Crippen LogP contribution < -0.4 is 10.6 Å². The lowest BCUT2D eigenvalue weighted by Crippen LogP contribution is -2.40. The number of hydrogen-bond acceptors (Lipinski definition) is 4. The molecule has 1 aromatic rings. The summed E-state index contributed by atoms with van der Waals surface area (Å²) in [6.45, 7) is 5.86. The molecule has 0 amide bonds. The van der Waals surface area contributed by atoms with E-state index in [0.29, 0.717) is 17.6 Å². The summed E-state index contributed by atoms with van der Waals surface area (Å²) in [5.41, 5.74) is 6.70. The summed E-state index contributed by atoms with van der Waals surface area (Å²) in [5, 5.41) is 0.716. The Morgan fingerprint density at radius 2 is 2.26 bits per heavy atom. The number of anilines is 1. The summed E-state index contributed by atoms with van der Waals surface area (Å²) in [4.78, 5) is 9.23. The molecule has 1 fully saturated rings. The van der Waals surface area contributed by atoms with Gasteiger partial charge in [0, 0.05) is 31.9 Å².